The highest BCUT2D eigenvalue weighted by atomic mass is 79.9. The molecule has 4 rings (SSSR count). The van der Waals surface area contributed by atoms with E-state index in [0.29, 0.717) is 17.7 Å². The van der Waals surface area contributed by atoms with Gasteiger partial charge in [-0.1, -0.05) is 0 Å². The van der Waals surface area contributed by atoms with Crippen LogP contribution in [0.4, 0.5) is 11.5 Å². The van der Waals surface area contributed by atoms with E-state index in [9.17, 15) is 4.79 Å². The van der Waals surface area contributed by atoms with E-state index in [1.165, 1.54) is 6.33 Å². The zero-order chi connectivity index (χ0) is 16.8. The average molecular weight is 391 g/mol. The van der Waals surface area contributed by atoms with Crippen LogP contribution in [0, 0.1) is 0 Å². The van der Waals surface area contributed by atoms with Gasteiger partial charge in [0.1, 0.15) is 16.7 Å². The lowest BCUT2D eigenvalue weighted by Gasteiger charge is -2.34. The van der Waals surface area contributed by atoms with Crippen molar-refractivity contribution >= 4 is 44.4 Å². The van der Waals surface area contributed by atoms with Crippen molar-refractivity contribution in [2.24, 2.45) is 14.1 Å². The van der Waals surface area contributed by atoms with Gasteiger partial charge < -0.3 is 9.80 Å². The Balaban J connectivity index is 1.65. The van der Waals surface area contributed by atoms with Gasteiger partial charge in [0.05, 0.1) is 23.8 Å². The summed E-state index contributed by atoms with van der Waals surface area (Å²) in [5.74, 6) is 0.736. The molecule has 1 fully saturated rings. The zero-order valence-electron chi connectivity index (χ0n) is 13.2. The van der Waals surface area contributed by atoms with Crippen molar-refractivity contribution in [3.8, 4) is 0 Å². The first kappa shape index (κ1) is 15.1. The summed E-state index contributed by atoms with van der Waals surface area (Å²) in [6, 6.07) is 0. The molecule has 10 heteroatoms. The van der Waals surface area contributed by atoms with Gasteiger partial charge in [-0.2, -0.15) is 10.2 Å². The first-order chi connectivity index (χ1) is 11.5. The van der Waals surface area contributed by atoms with Crippen LogP contribution >= 0.6 is 15.9 Å². The highest BCUT2D eigenvalue weighted by Gasteiger charge is 2.28. The lowest BCUT2D eigenvalue weighted by atomic mass is 10.2. The first-order valence-electron chi connectivity index (χ1n) is 7.42. The smallest absolute Gasteiger partial charge is 0.246 e. The maximum atomic E-state index is 12.6. The Kier molecular flexibility index (Phi) is 3.48. The second-order valence-corrected chi connectivity index (χ2v) is 6.40. The molecule has 3 aromatic rings. The Morgan fingerprint density at radius 1 is 1.21 bits per heavy atom. The largest absolute Gasteiger partial charge is 0.345 e. The van der Waals surface area contributed by atoms with Crippen molar-refractivity contribution in [3.63, 3.8) is 0 Å². The van der Waals surface area contributed by atoms with Crippen LogP contribution in [-0.2, 0) is 18.9 Å². The molecule has 3 aromatic heterocycles. The number of anilines is 2. The van der Waals surface area contributed by atoms with E-state index in [1.54, 1.807) is 20.5 Å². The third kappa shape index (κ3) is 2.33. The molecule has 4 heterocycles. The third-order valence-electron chi connectivity index (χ3n) is 4.08. The Bertz CT molecular complexity index is 932. The monoisotopic (exact) mass is 390 g/mol. The molecule has 1 saturated heterocycles. The number of hydrogen-bond acceptors (Lipinski definition) is 6. The van der Waals surface area contributed by atoms with Gasteiger partial charge in [0, 0.05) is 33.4 Å². The number of hydrogen-bond donors (Lipinski definition) is 0. The zero-order valence-corrected chi connectivity index (χ0v) is 14.8. The summed E-state index contributed by atoms with van der Waals surface area (Å²) in [6.45, 7) is 1.50. The molecule has 1 aliphatic rings. The summed E-state index contributed by atoms with van der Waals surface area (Å²) in [5.41, 5.74) is 1.55. The number of aromatic nitrogens is 6. The van der Waals surface area contributed by atoms with Crippen LogP contribution in [-0.4, -0.2) is 55.1 Å². The number of piperazine rings is 1. The summed E-state index contributed by atoms with van der Waals surface area (Å²) in [6.07, 6.45) is 5.05. The molecule has 0 spiro atoms. The molecule has 0 aromatic carbocycles. The second-order valence-electron chi connectivity index (χ2n) is 5.65. The van der Waals surface area contributed by atoms with Gasteiger partial charge >= 0.3 is 0 Å². The van der Waals surface area contributed by atoms with Gasteiger partial charge in [0.15, 0.2) is 5.65 Å². The maximum Gasteiger partial charge on any atom is 0.246 e. The van der Waals surface area contributed by atoms with Gasteiger partial charge in [-0.05, 0) is 15.9 Å². The predicted octanol–water partition coefficient (Wildman–Crippen LogP) is 0.712. The lowest BCUT2D eigenvalue weighted by molar-refractivity contribution is -0.117. The van der Waals surface area contributed by atoms with E-state index >= 15 is 0 Å². The van der Waals surface area contributed by atoms with Crippen LogP contribution in [0.3, 0.4) is 0 Å². The van der Waals surface area contributed by atoms with Crippen LogP contribution in [0.25, 0.3) is 11.0 Å². The minimum absolute atomic E-state index is 0.0148. The van der Waals surface area contributed by atoms with E-state index in [-0.39, 0.29) is 12.5 Å². The molecule has 0 aliphatic carbocycles. The molecule has 0 saturated carbocycles. The summed E-state index contributed by atoms with van der Waals surface area (Å²) in [7, 11) is 3.66. The van der Waals surface area contributed by atoms with Gasteiger partial charge in [-0.3, -0.25) is 9.48 Å². The fraction of sp³-hybridized carbons (Fsp3) is 0.357. The van der Waals surface area contributed by atoms with Crippen LogP contribution < -0.4 is 9.80 Å². The van der Waals surface area contributed by atoms with Crippen LogP contribution in [0.5, 0.6) is 0 Å². The number of aryl methyl sites for hydroxylation is 2. The number of fused-ring (bicyclic) bond motifs is 1. The van der Waals surface area contributed by atoms with Crippen LogP contribution in [0.2, 0.25) is 0 Å². The standard InChI is InChI=1S/C14H15BrN8O/c1-20-6-9(5-18-20)23-4-3-22(7-10(23)24)14-11-12(15)19-21(2)13(11)16-8-17-14/h5-6,8H,3-4,7H2,1-2H3. The van der Waals surface area contributed by atoms with Crippen molar-refractivity contribution in [3.05, 3.63) is 23.3 Å². The number of amides is 1. The van der Waals surface area contributed by atoms with Crippen molar-refractivity contribution < 1.29 is 4.79 Å². The number of carbonyl (C=O) groups excluding carboxylic acids is 1. The Labute approximate surface area is 146 Å². The fourth-order valence-electron chi connectivity index (χ4n) is 2.94. The number of rotatable bonds is 2. The third-order valence-corrected chi connectivity index (χ3v) is 4.64. The highest BCUT2D eigenvalue weighted by molar-refractivity contribution is 9.10. The second kappa shape index (κ2) is 5.55. The molecule has 0 radical (unpaired) electrons. The van der Waals surface area contributed by atoms with Gasteiger partial charge in [-0.25, -0.2) is 14.6 Å². The molecule has 9 nitrogen and oxygen atoms in total. The Morgan fingerprint density at radius 2 is 2.04 bits per heavy atom. The molecule has 124 valence electrons. The van der Waals surface area contributed by atoms with Crippen LogP contribution in [0.1, 0.15) is 0 Å². The molecular weight excluding hydrogens is 376 g/mol. The maximum absolute atomic E-state index is 12.6. The highest BCUT2D eigenvalue weighted by Crippen LogP contribution is 2.30. The van der Waals surface area contributed by atoms with Gasteiger partial charge in [0.2, 0.25) is 5.91 Å². The van der Waals surface area contributed by atoms with E-state index < -0.39 is 0 Å². The summed E-state index contributed by atoms with van der Waals surface area (Å²) < 4.78 is 4.06. The number of halogens is 1. The SMILES string of the molecule is Cn1cc(N2CCN(c3ncnc4c3c(Br)nn4C)CC2=O)cn1. The molecular formula is C14H15BrN8O. The van der Waals surface area contributed by atoms with E-state index in [0.717, 1.165) is 22.5 Å². The van der Waals surface area contributed by atoms with E-state index in [2.05, 4.69) is 36.1 Å². The van der Waals surface area contributed by atoms with Crippen molar-refractivity contribution in [2.75, 3.05) is 29.4 Å². The molecule has 24 heavy (non-hydrogen) atoms. The fourth-order valence-corrected chi connectivity index (χ4v) is 3.53. The molecule has 0 atom stereocenters. The molecule has 1 aliphatic heterocycles. The Morgan fingerprint density at radius 3 is 2.75 bits per heavy atom. The minimum Gasteiger partial charge on any atom is -0.345 e. The summed E-state index contributed by atoms with van der Waals surface area (Å²) in [4.78, 5) is 25.0. The average Bonchev–Trinajstić information content (AvgIpc) is 3.11. The first-order valence-corrected chi connectivity index (χ1v) is 8.21. The molecule has 0 bridgehead atoms. The van der Waals surface area contributed by atoms with Crippen molar-refractivity contribution in [1.82, 2.24) is 29.5 Å². The van der Waals surface area contributed by atoms with Gasteiger partial charge in [-0.15, -0.1) is 0 Å². The number of nitrogens with zero attached hydrogens (tertiary/aromatic N) is 8. The topological polar surface area (TPSA) is 85.0 Å². The number of carbonyl (C=O) groups is 1. The van der Waals surface area contributed by atoms with Crippen molar-refractivity contribution in [2.45, 2.75) is 0 Å². The normalized spacial score (nSPS) is 15.5. The molecule has 0 N–H and O–H groups in total. The van der Waals surface area contributed by atoms with E-state index in [1.807, 2.05) is 25.2 Å². The Hall–Kier alpha value is -2.49. The van der Waals surface area contributed by atoms with Gasteiger partial charge in [0.25, 0.3) is 0 Å². The van der Waals surface area contributed by atoms with Crippen LogP contribution in [0.15, 0.2) is 23.3 Å². The minimum atomic E-state index is 0.0148. The quantitative estimate of drug-likeness (QED) is 0.640. The molecule has 0 unspecified atom stereocenters. The lowest BCUT2D eigenvalue weighted by Crippen LogP contribution is -2.50. The van der Waals surface area contributed by atoms with Crippen molar-refractivity contribution in [1.29, 1.82) is 0 Å². The summed E-state index contributed by atoms with van der Waals surface area (Å²) >= 11 is 3.46. The summed E-state index contributed by atoms with van der Waals surface area (Å²) in [5, 5.41) is 9.28. The molecule has 1 amide bonds. The van der Waals surface area contributed by atoms with E-state index in [4.69, 9.17) is 0 Å². The predicted molar refractivity (Wildman–Crippen MR) is 91.8 cm³/mol.